The Labute approximate surface area is 171 Å². The van der Waals surface area contributed by atoms with E-state index in [0.29, 0.717) is 28.1 Å². The lowest BCUT2D eigenvalue weighted by molar-refractivity contribution is -0.123. The molecular weight excluding hydrogens is 396 g/mol. The minimum Gasteiger partial charge on any atom is -0.484 e. The molecule has 0 saturated carbocycles. The lowest BCUT2D eigenvalue weighted by Gasteiger charge is -2.11. The fourth-order valence-electron chi connectivity index (χ4n) is 2.69. The van der Waals surface area contributed by atoms with Gasteiger partial charge < -0.3 is 4.74 Å². The topological polar surface area (TPSA) is 102 Å². The number of rotatable bonds is 5. The van der Waals surface area contributed by atoms with Crippen LogP contribution in [0.25, 0.3) is 10.8 Å². The first-order valence-electron chi connectivity index (χ1n) is 8.88. The summed E-state index contributed by atoms with van der Waals surface area (Å²) in [6.07, 6.45) is 0. The molecule has 2 N–H and O–H groups in total. The van der Waals surface area contributed by atoms with Crippen LogP contribution < -0.4 is 21.1 Å². The van der Waals surface area contributed by atoms with Crippen LogP contribution in [0.15, 0.2) is 47.3 Å². The third kappa shape index (κ3) is 4.55. The fourth-order valence-corrected chi connectivity index (χ4v) is 2.81. The number of carbonyl (C=O) groups excluding carboxylic acids is 2. The van der Waals surface area contributed by atoms with Crippen molar-refractivity contribution in [2.45, 2.75) is 20.4 Å². The molecule has 2 amide bonds. The van der Waals surface area contributed by atoms with Crippen molar-refractivity contribution in [1.29, 1.82) is 0 Å². The van der Waals surface area contributed by atoms with Crippen LogP contribution in [0, 0.1) is 6.92 Å². The van der Waals surface area contributed by atoms with Gasteiger partial charge in [0.1, 0.15) is 5.75 Å². The summed E-state index contributed by atoms with van der Waals surface area (Å²) in [5, 5.41) is 5.49. The first kappa shape index (κ1) is 20.3. The highest BCUT2D eigenvalue weighted by Gasteiger charge is 2.17. The molecule has 9 heteroatoms. The molecule has 0 aliphatic rings. The molecule has 0 atom stereocenters. The standard InChI is InChI=1S/C20H19ClN4O4/c1-3-25-20(28)15-7-5-4-6-14(15)18(24-25)19(27)23-22-17(26)11-29-13-8-9-16(21)12(2)10-13/h4-10H,3,11H2,1-2H3,(H,22,26)(H,23,27). The molecular formula is C20H19ClN4O4. The third-order valence-electron chi connectivity index (χ3n) is 4.20. The lowest BCUT2D eigenvalue weighted by atomic mass is 10.1. The molecule has 3 rings (SSSR count). The smallest absolute Gasteiger partial charge is 0.290 e. The van der Waals surface area contributed by atoms with Crippen LogP contribution in [0.3, 0.4) is 0 Å². The van der Waals surface area contributed by atoms with Crippen LogP contribution in [-0.2, 0) is 11.3 Å². The van der Waals surface area contributed by atoms with Gasteiger partial charge in [-0.2, -0.15) is 5.10 Å². The van der Waals surface area contributed by atoms with Crippen LogP contribution in [0.5, 0.6) is 5.75 Å². The van der Waals surface area contributed by atoms with E-state index in [2.05, 4.69) is 16.0 Å². The van der Waals surface area contributed by atoms with E-state index < -0.39 is 11.8 Å². The molecule has 0 aliphatic carbocycles. The van der Waals surface area contributed by atoms with Gasteiger partial charge in [0.15, 0.2) is 12.3 Å². The van der Waals surface area contributed by atoms with Gasteiger partial charge in [-0.1, -0.05) is 29.8 Å². The summed E-state index contributed by atoms with van der Waals surface area (Å²) in [5.41, 5.74) is 5.16. The molecule has 0 unspecified atom stereocenters. The highest BCUT2D eigenvalue weighted by atomic mass is 35.5. The molecule has 0 fully saturated rings. The van der Waals surface area contributed by atoms with E-state index in [1.807, 2.05) is 6.92 Å². The molecule has 0 saturated heterocycles. The van der Waals surface area contributed by atoms with E-state index in [9.17, 15) is 14.4 Å². The average molecular weight is 415 g/mol. The molecule has 8 nitrogen and oxygen atoms in total. The summed E-state index contributed by atoms with van der Waals surface area (Å²) < 4.78 is 6.58. The summed E-state index contributed by atoms with van der Waals surface area (Å²) in [6.45, 7) is 3.58. The largest absolute Gasteiger partial charge is 0.484 e. The minimum absolute atomic E-state index is 0.0385. The first-order chi connectivity index (χ1) is 13.9. The predicted octanol–water partition coefficient (Wildman–Crippen LogP) is 2.22. The number of ether oxygens (including phenoxy) is 1. The molecule has 0 spiro atoms. The zero-order valence-electron chi connectivity index (χ0n) is 15.9. The SMILES string of the molecule is CCn1nc(C(=O)NNC(=O)COc2ccc(Cl)c(C)c2)c2ccccc2c1=O. The number of amides is 2. The maximum atomic E-state index is 12.5. The Hall–Kier alpha value is -3.39. The van der Waals surface area contributed by atoms with E-state index in [1.54, 1.807) is 49.4 Å². The van der Waals surface area contributed by atoms with Gasteiger partial charge in [0, 0.05) is 17.0 Å². The molecule has 2 aromatic carbocycles. The van der Waals surface area contributed by atoms with Crippen molar-refractivity contribution in [2.24, 2.45) is 0 Å². The van der Waals surface area contributed by atoms with Crippen molar-refractivity contribution in [2.75, 3.05) is 6.61 Å². The highest BCUT2D eigenvalue weighted by molar-refractivity contribution is 6.31. The fraction of sp³-hybridized carbons (Fsp3) is 0.200. The van der Waals surface area contributed by atoms with Crippen molar-refractivity contribution < 1.29 is 14.3 Å². The quantitative estimate of drug-likeness (QED) is 0.623. The molecule has 150 valence electrons. The lowest BCUT2D eigenvalue weighted by Crippen LogP contribution is -2.44. The summed E-state index contributed by atoms with van der Waals surface area (Å²) in [4.78, 5) is 36.9. The Morgan fingerprint density at radius 2 is 1.86 bits per heavy atom. The number of benzene rings is 2. The normalized spacial score (nSPS) is 10.6. The summed E-state index contributed by atoms with van der Waals surface area (Å²) in [5.74, 6) is -0.714. The van der Waals surface area contributed by atoms with Crippen LogP contribution in [0.1, 0.15) is 23.0 Å². The van der Waals surface area contributed by atoms with Crippen molar-refractivity contribution in [3.8, 4) is 5.75 Å². The van der Waals surface area contributed by atoms with E-state index in [1.165, 1.54) is 4.68 Å². The average Bonchev–Trinajstić information content (AvgIpc) is 2.73. The number of aryl methyl sites for hydroxylation is 2. The van der Waals surface area contributed by atoms with Gasteiger partial charge in [-0.3, -0.25) is 25.2 Å². The van der Waals surface area contributed by atoms with Crippen LogP contribution in [-0.4, -0.2) is 28.2 Å². The predicted molar refractivity (Wildman–Crippen MR) is 109 cm³/mol. The Kier molecular flexibility index (Phi) is 6.13. The molecule has 29 heavy (non-hydrogen) atoms. The second kappa shape index (κ2) is 8.74. The van der Waals surface area contributed by atoms with Gasteiger partial charge in [-0.05, 0) is 43.7 Å². The Bertz CT molecular complexity index is 1140. The second-order valence-electron chi connectivity index (χ2n) is 6.22. The van der Waals surface area contributed by atoms with Crippen LogP contribution in [0.2, 0.25) is 5.02 Å². The second-order valence-corrected chi connectivity index (χ2v) is 6.62. The van der Waals surface area contributed by atoms with Gasteiger partial charge in [-0.25, -0.2) is 4.68 Å². The Morgan fingerprint density at radius 3 is 2.55 bits per heavy atom. The van der Waals surface area contributed by atoms with Gasteiger partial charge >= 0.3 is 0 Å². The van der Waals surface area contributed by atoms with E-state index in [4.69, 9.17) is 16.3 Å². The number of hydrogen-bond acceptors (Lipinski definition) is 5. The molecule has 0 aliphatic heterocycles. The number of fused-ring (bicyclic) bond motifs is 1. The summed E-state index contributed by atoms with van der Waals surface area (Å²) in [6, 6.07) is 11.7. The van der Waals surface area contributed by atoms with E-state index in [-0.39, 0.29) is 17.9 Å². The molecule has 1 heterocycles. The number of hydrogen-bond donors (Lipinski definition) is 2. The monoisotopic (exact) mass is 414 g/mol. The maximum Gasteiger partial charge on any atom is 0.290 e. The highest BCUT2D eigenvalue weighted by Crippen LogP contribution is 2.20. The molecule has 0 radical (unpaired) electrons. The van der Waals surface area contributed by atoms with Crippen molar-refractivity contribution in [1.82, 2.24) is 20.6 Å². The summed E-state index contributed by atoms with van der Waals surface area (Å²) in [7, 11) is 0. The van der Waals surface area contributed by atoms with Gasteiger partial charge in [-0.15, -0.1) is 0 Å². The first-order valence-corrected chi connectivity index (χ1v) is 9.26. The van der Waals surface area contributed by atoms with Gasteiger partial charge in [0.2, 0.25) is 0 Å². The number of aromatic nitrogens is 2. The zero-order chi connectivity index (χ0) is 21.0. The van der Waals surface area contributed by atoms with E-state index in [0.717, 1.165) is 5.56 Å². The number of nitrogens with zero attached hydrogens (tertiary/aromatic N) is 2. The number of carbonyl (C=O) groups is 2. The molecule has 1 aromatic heterocycles. The maximum absolute atomic E-state index is 12.5. The Balaban J connectivity index is 1.67. The number of hydrazine groups is 1. The van der Waals surface area contributed by atoms with Gasteiger partial charge in [0.05, 0.1) is 5.39 Å². The van der Waals surface area contributed by atoms with Crippen LogP contribution in [0.4, 0.5) is 0 Å². The van der Waals surface area contributed by atoms with Crippen molar-refractivity contribution >= 4 is 34.2 Å². The van der Waals surface area contributed by atoms with Crippen LogP contribution >= 0.6 is 11.6 Å². The van der Waals surface area contributed by atoms with Crippen molar-refractivity contribution in [3.63, 3.8) is 0 Å². The number of halogens is 1. The Morgan fingerprint density at radius 1 is 1.14 bits per heavy atom. The van der Waals surface area contributed by atoms with Crippen molar-refractivity contribution in [3.05, 3.63) is 69.1 Å². The zero-order valence-corrected chi connectivity index (χ0v) is 16.6. The molecule has 3 aromatic rings. The van der Waals surface area contributed by atoms with E-state index >= 15 is 0 Å². The third-order valence-corrected chi connectivity index (χ3v) is 4.62. The number of nitrogens with one attached hydrogen (secondary N) is 2. The summed E-state index contributed by atoms with van der Waals surface area (Å²) >= 11 is 5.95. The minimum atomic E-state index is -0.640. The van der Waals surface area contributed by atoms with Gasteiger partial charge in [0.25, 0.3) is 17.4 Å². The molecule has 0 bridgehead atoms.